The lowest BCUT2D eigenvalue weighted by molar-refractivity contribution is -0.136. The van der Waals surface area contributed by atoms with Gasteiger partial charge in [-0.1, -0.05) is 29.8 Å². The quantitative estimate of drug-likeness (QED) is 0.740. The molecule has 9 heteroatoms. The predicted molar refractivity (Wildman–Crippen MR) is 96.2 cm³/mol. The van der Waals surface area contributed by atoms with Crippen LogP contribution in [0.25, 0.3) is 0 Å². The molecule has 0 spiro atoms. The van der Waals surface area contributed by atoms with Crippen LogP contribution >= 0.6 is 0 Å². The first-order chi connectivity index (χ1) is 12.1. The molecule has 26 heavy (non-hydrogen) atoms. The van der Waals surface area contributed by atoms with Gasteiger partial charge in [-0.2, -0.15) is 4.31 Å². The Morgan fingerprint density at radius 2 is 1.81 bits per heavy atom. The van der Waals surface area contributed by atoms with E-state index in [1.54, 1.807) is 0 Å². The third-order valence-corrected chi connectivity index (χ3v) is 5.07. The van der Waals surface area contributed by atoms with Gasteiger partial charge in [0.15, 0.2) is 0 Å². The highest BCUT2D eigenvalue weighted by molar-refractivity contribution is 7.88. The van der Waals surface area contributed by atoms with Crippen LogP contribution in [0.3, 0.4) is 0 Å². The molecule has 0 aliphatic rings. The third kappa shape index (κ3) is 5.24. The zero-order valence-electron chi connectivity index (χ0n) is 14.8. The van der Waals surface area contributed by atoms with Gasteiger partial charge >= 0.3 is 5.97 Å². The molecule has 1 aromatic carbocycles. The Labute approximate surface area is 151 Å². The van der Waals surface area contributed by atoms with Crippen molar-refractivity contribution in [3.8, 4) is 0 Å². The molecule has 0 radical (unpaired) electrons. The van der Waals surface area contributed by atoms with Gasteiger partial charge in [0, 0.05) is 17.8 Å². The lowest BCUT2D eigenvalue weighted by atomic mass is 10.1. The van der Waals surface area contributed by atoms with Crippen molar-refractivity contribution in [2.24, 2.45) is 0 Å². The summed E-state index contributed by atoms with van der Waals surface area (Å²) in [5.74, 6) is -0.968. The second kappa shape index (κ2) is 7.79. The number of H-pyrrole nitrogens is 1. The average molecular weight is 379 g/mol. The number of benzene rings is 1. The monoisotopic (exact) mass is 379 g/mol. The molecule has 0 atom stereocenters. The minimum absolute atomic E-state index is 0.0608. The van der Waals surface area contributed by atoms with E-state index in [2.05, 4.69) is 9.97 Å². The molecule has 2 aromatic rings. The summed E-state index contributed by atoms with van der Waals surface area (Å²) in [5.41, 5.74) is 1.64. The highest BCUT2D eigenvalue weighted by Gasteiger charge is 2.20. The van der Waals surface area contributed by atoms with Gasteiger partial charge < -0.3 is 10.1 Å². The zero-order chi connectivity index (χ0) is 19.5. The van der Waals surface area contributed by atoms with Crippen LogP contribution in [0.1, 0.15) is 28.2 Å². The van der Waals surface area contributed by atoms with Crippen LogP contribution in [0, 0.1) is 13.8 Å². The first-order valence-corrected chi connectivity index (χ1v) is 9.72. The van der Waals surface area contributed by atoms with Crippen LogP contribution in [0.2, 0.25) is 0 Å². The van der Waals surface area contributed by atoms with E-state index in [9.17, 15) is 18.0 Å². The lowest BCUT2D eigenvalue weighted by Crippen LogP contribution is -2.31. The first kappa shape index (κ1) is 19.8. The molecule has 0 bridgehead atoms. The molecular weight excluding hydrogens is 358 g/mol. The summed E-state index contributed by atoms with van der Waals surface area (Å²) in [5, 5.41) is 8.85. The van der Waals surface area contributed by atoms with E-state index in [-0.39, 0.29) is 30.2 Å². The number of carboxylic acid groups (broad SMARTS) is 1. The maximum Gasteiger partial charge on any atom is 0.308 e. The number of sulfonamides is 1. The average Bonchev–Trinajstić information content (AvgIpc) is 2.51. The van der Waals surface area contributed by atoms with E-state index in [0.717, 1.165) is 17.4 Å². The fraction of sp³-hybridized carbons (Fsp3) is 0.353. The maximum absolute atomic E-state index is 12.1. The minimum Gasteiger partial charge on any atom is -0.481 e. The number of hydrogen-bond acceptors (Lipinski definition) is 5. The van der Waals surface area contributed by atoms with E-state index < -0.39 is 28.0 Å². The van der Waals surface area contributed by atoms with Crippen molar-refractivity contribution in [1.82, 2.24) is 14.3 Å². The first-order valence-electron chi connectivity index (χ1n) is 7.87. The smallest absolute Gasteiger partial charge is 0.308 e. The molecule has 0 amide bonds. The molecule has 8 nitrogen and oxygen atoms in total. The van der Waals surface area contributed by atoms with E-state index >= 15 is 0 Å². The molecule has 0 fully saturated rings. The van der Waals surface area contributed by atoms with Crippen molar-refractivity contribution in [2.75, 3.05) is 6.26 Å². The second-order valence-corrected chi connectivity index (χ2v) is 8.15. The molecule has 140 valence electrons. The van der Waals surface area contributed by atoms with Crippen molar-refractivity contribution in [3.05, 3.63) is 62.8 Å². The van der Waals surface area contributed by atoms with Gasteiger partial charge in [-0.25, -0.2) is 13.4 Å². The van der Waals surface area contributed by atoms with Crippen LogP contribution in [-0.2, 0) is 34.3 Å². The van der Waals surface area contributed by atoms with Gasteiger partial charge in [-0.05, 0) is 19.4 Å². The number of rotatable bonds is 7. The Bertz CT molecular complexity index is 965. The fourth-order valence-electron chi connectivity index (χ4n) is 2.46. The molecular formula is C17H21N3O5S. The Hall–Kier alpha value is -2.52. The molecule has 2 rings (SSSR count). The highest BCUT2D eigenvalue weighted by atomic mass is 32.2. The summed E-state index contributed by atoms with van der Waals surface area (Å²) in [6.45, 7) is 3.49. The number of aromatic nitrogens is 2. The summed E-state index contributed by atoms with van der Waals surface area (Å²) < 4.78 is 25.4. The fourth-order valence-corrected chi connectivity index (χ4v) is 3.20. The van der Waals surface area contributed by atoms with Crippen LogP contribution in [0.4, 0.5) is 0 Å². The van der Waals surface area contributed by atoms with Crippen molar-refractivity contribution in [1.29, 1.82) is 0 Å². The van der Waals surface area contributed by atoms with Crippen LogP contribution in [0.5, 0.6) is 0 Å². The zero-order valence-corrected chi connectivity index (χ0v) is 15.6. The second-order valence-electron chi connectivity index (χ2n) is 6.16. The predicted octanol–water partition coefficient (Wildman–Crippen LogP) is 0.976. The Balaban J connectivity index is 2.30. The van der Waals surface area contributed by atoms with Gasteiger partial charge in [-0.3, -0.25) is 9.59 Å². The van der Waals surface area contributed by atoms with Crippen molar-refractivity contribution < 1.29 is 18.3 Å². The van der Waals surface area contributed by atoms with Gasteiger partial charge in [0.05, 0.1) is 19.2 Å². The van der Waals surface area contributed by atoms with Gasteiger partial charge in [0.2, 0.25) is 10.0 Å². The van der Waals surface area contributed by atoms with Gasteiger partial charge in [-0.15, -0.1) is 0 Å². The molecule has 1 aromatic heterocycles. The van der Waals surface area contributed by atoms with Crippen molar-refractivity contribution in [3.63, 3.8) is 0 Å². The number of aryl methyl sites for hydroxylation is 2. The van der Waals surface area contributed by atoms with Crippen LogP contribution in [0.15, 0.2) is 29.1 Å². The number of aliphatic carboxylic acids is 1. The van der Waals surface area contributed by atoms with Crippen LogP contribution < -0.4 is 5.56 Å². The number of carboxylic acids is 1. The summed E-state index contributed by atoms with van der Waals surface area (Å²) in [6, 6.07) is 7.46. The highest BCUT2D eigenvalue weighted by Crippen LogP contribution is 2.13. The number of nitrogens with one attached hydrogen (secondary N) is 1. The maximum atomic E-state index is 12.1. The molecule has 0 unspecified atom stereocenters. The van der Waals surface area contributed by atoms with Crippen LogP contribution in [-0.4, -0.2) is 40.0 Å². The Morgan fingerprint density at radius 1 is 1.19 bits per heavy atom. The van der Waals surface area contributed by atoms with Crippen molar-refractivity contribution in [2.45, 2.75) is 33.4 Å². The minimum atomic E-state index is -3.55. The lowest BCUT2D eigenvalue weighted by Gasteiger charge is -2.20. The molecule has 0 saturated heterocycles. The Kier molecular flexibility index (Phi) is 5.94. The molecule has 0 aliphatic carbocycles. The Morgan fingerprint density at radius 3 is 2.31 bits per heavy atom. The van der Waals surface area contributed by atoms with E-state index in [1.807, 2.05) is 31.2 Å². The summed E-state index contributed by atoms with van der Waals surface area (Å²) in [4.78, 5) is 29.6. The normalized spacial score (nSPS) is 11.7. The number of hydrogen-bond donors (Lipinski definition) is 2. The van der Waals surface area contributed by atoms with Crippen molar-refractivity contribution >= 4 is 16.0 Å². The third-order valence-electron chi connectivity index (χ3n) is 3.87. The molecule has 1 heterocycles. The van der Waals surface area contributed by atoms with Gasteiger partial charge in [0.25, 0.3) is 5.56 Å². The SMILES string of the molecule is Cc1ccc(CN(Cc2nc(C)c(CC(=O)O)c(=O)[nH]2)S(C)(=O)=O)cc1. The topological polar surface area (TPSA) is 120 Å². The van der Waals surface area contributed by atoms with E-state index in [0.29, 0.717) is 0 Å². The standard InChI is InChI=1S/C17H21N3O5S/c1-11-4-6-13(7-5-11)9-20(26(3,24)25)10-15-18-12(2)14(8-16(21)22)17(23)19-15/h4-7H,8-10H2,1-3H3,(H,21,22)(H,18,19,23). The van der Waals surface area contributed by atoms with E-state index in [1.165, 1.54) is 11.2 Å². The summed E-state index contributed by atoms with van der Waals surface area (Å²) in [6.07, 6.45) is 0.651. The van der Waals surface area contributed by atoms with Gasteiger partial charge in [0.1, 0.15) is 5.82 Å². The summed E-state index contributed by atoms with van der Waals surface area (Å²) >= 11 is 0. The number of nitrogens with zero attached hydrogens (tertiary/aromatic N) is 2. The number of carbonyl (C=O) groups is 1. The summed E-state index contributed by atoms with van der Waals surface area (Å²) in [7, 11) is -3.55. The molecule has 0 aliphatic heterocycles. The largest absolute Gasteiger partial charge is 0.481 e. The number of aromatic amines is 1. The molecule has 2 N–H and O–H groups in total. The molecule has 0 saturated carbocycles. The van der Waals surface area contributed by atoms with E-state index in [4.69, 9.17) is 5.11 Å².